The molecule has 222 valence electrons. The molecule has 1 aromatic carbocycles. The van der Waals surface area contributed by atoms with Crippen LogP contribution in [0.2, 0.25) is 0 Å². The molecule has 1 aromatic rings. The normalized spacial score (nSPS) is 17.3. The van der Waals surface area contributed by atoms with E-state index in [2.05, 4.69) is 0 Å². The fraction of sp³-hybridized carbons (Fsp3) is 0.545. The van der Waals surface area contributed by atoms with Gasteiger partial charge in [0.05, 0.1) is 36.0 Å². The Morgan fingerprint density at radius 3 is 1.32 bits per heavy atom. The van der Waals surface area contributed by atoms with Crippen molar-refractivity contribution in [2.45, 2.75) is 4.90 Å². The number of carboxylic acids is 3. The molecule has 1 aliphatic heterocycles. The fourth-order valence-corrected chi connectivity index (χ4v) is 4.95. The highest BCUT2D eigenvalue weighted by molar-refractivity contribution is 7.90. The smallest absolute Gasteiger partial charge is 0.317 e. The fourth-order valence-electron chi connectivity index (χ4n) is 3.98. The molecule has 1 fully saturated rings. The van der Waals surface area contributed by atoms with Gasteiger partial charge < -0.3 is 15.3 Å². The minimum absolute atomic E-state index is 0.123. The number of nitrogens with one attached hydrogen (secondary N) is 1. The molecular weight excluding hydrogens is 556 g/mol. The van der Waals surface area contributed by atoms with Crippen molar-refractivity contribution in [1.82, 2.24) is 24.3 Å². The molecule has 40 heavy (non-hydrogen) atoms. The number of hydrogen-bond donors (Lipinski definition) is 4. The number of rotatable bonds is 11. The first-order chi connectivity index (χ1) is 18.7. The van der Waals surface area contributed by atoms with E-state index in [1.54, 1.807) is 19.6 Å². The van der Waals surface area contributed by atoms with Crippen molar-refractivity contribution >= 4 is 39.5 Å². The van der Waals surface area contributed by atoms with Gasteiger partial charge in [-0.25, -0.2) is 13.1 Å². The molecule has 0 radical (unpaired) electrons. The van der Waals surface area contributed by atoms with Crippen molar-refractivity contribution in [3.8, 4) is 0 Å². The Hall–Kier alpha value is -3.71. The highest BCUT2D eigenvalue weighted by Gasteiger charge is 2.23. The van der Waals surface area contributed by atoms with E-state index < -0.39 is 45.3 Å². The highest BCUT2D eigenvalue weighted by atomic mass is 32.2. The Morgan fingerprint density at radius 2 is 1.02 bits per heavy atom. The van der Waals surface area contributed by atoms with E-state index in [0.717, 1.165) is 24.3 Å². The van der Waals surface area contributed by atoms with E-state index in [4.69, 9.17) is 0 Å². The average Bonchev–Trinajstić information content (AvgIpc) is 2.84. The third kappa shape index (κ3) is 11.6. The van der Waals surface area contributed by atoms with Gasteiger partial charge in [0.1, 0.15) is 0 Å². The van der Waals surface area contributed by atoms with Crippen molar-refractivity contribution < 1.29 is 47.8 Å². The van der Waals surface area contributed by atoms with Crippen molar-refractivity contribution in [2.24, 2.45) is 0 Å². The second kappa shape index (κ2) is 15.2. The largest absolute Gasteiger partial charge is 0.480 e. The summed E-state index contributed by atoms with van der Waals surface area (Å²) in [4.78, 5) is 62.7. The molecule has 1 heterocycles. The van der Waals surface area contributed by atoms with E-state index in [0.29, 0.717) is 0 Å². The number of carbonyl (C=O) groups excluding carboxylic acids is 1. The number of sulfonamides is 1. The number of non-ortho nitro benzene ring substituents is 1. The third-order valence-corrected chi connectivity index (χ3v) is 7.37. The van der Waals surface area contributed by atoms with Gasteiger partial charge in [-0.1, -0.05) is 0 Å². The molecule has 0 saturated carbocycles. The topological polar surface area (TPSA) is 231 Å². The van der Waals surface area contributed by atoms with Gasteiger partial charge in [0, 0.05) is 64.5 Å². The van der Waals surface area contributed by atoms with Gasteiger partial charge in [0.2, 0.25) is 5.91 Å². The Labute approximate surface area is 229 Å². The van der Waals surface area contributed by atoms with Gasteiger partial charge in [-0.3, -0.25) is 48.9 Å². The molecule has 0 atom stereocenters. The van der Waals surface area contributed by atoms with Gasteiger partial charge in [-0.05, 0) is 12.1 Å². The summed E-state index contributed by atoms with van der Waals surface area (Å²) in [6.45, 7) is -0.0971. The molecule has 1 aliphatic rings. The van der Waals surface area contributed by atoms with Crippen LogP contribution in [0, 0.1) is 10.1 Å². The second-order valence-corrected chi connectivity index (χ2v) is 10.7. The molecule has 2 rings (SSSR count). The summed E-state index contributed by atoms with van der Waals surface area (Å²) in [6, 6.07) is 3.96. The number of nitro groups is 1. The second-order valence-electron chi connectivity index (χ2n) is 9.07. The van der Waals surface area contributed by atoms with Crippen molar-refractivity contribution in [2.75, 3.05) is 78.5 Å². The number of carbonyl (C=O) groups is 4. The predicted octanol–water partition coefficient (Wildman–Crippen LogP) is -2.12. The number of nitro benzene ring substituents is 1. The molecule has 0 bridgehead atoms. The lowest BCUT2D eigenvalue weighted by Gasteiger charge is -2.32. The molecule has 0 aliphatic carbocycles. The summed E-state index contributed by atoms with van der Waals surface area (Å²) in [6.07, 6.45) is 0. The van der Waals surface area contributed by atoms with Crippen LogP contribution in [0.25, 0.3) is 0 Å². The lowest BCUT2D eigenvalue weighted by Crippen LogP contribution is -2.50. The van der Waals surface area contributed by atoms with Gasteiger partial charge in [0.15, 0.2) is 0 Å². The van der Waals surface area contributed by atoms with Crippen LogP contribution in [-0.4, -0.2) is 151 Å². The maximum absolute atomic E-state index is 12.7. The number of nitrogens with zero attached hydrogens (tertiary/aromatic N) is 5. The molecule has 0 unspecified atom stereocenters. The first-order valence-electron chi connectivity index (χ1n) is 12.1. The summed E-state index contributed by atoms with van der Waals surface area (Å²) in [5, 5.41) is 38.6. The van der Waals surface area contributed by atoms with E-state index in [1.165, 1.54) is 0 Å². The predicted molar refractivity (Wildman–Crippen MR) is 137 cm³/mol. The number of hydrogen-bond acceptors (Lipinski definition) is 12. The Kier molecular flexibility index (Phi) is 12.3. The Bertz CT molecular complexity index is 1150. The van der Waals surface area contributed by atoms with Gasteiger partial charge in [-0.15, -0.1) is 0 Å². The SMILES string of the molecule is O=C(O)CN1CCN(CC(=O)O)CCN(CC(=O)NS(=O)(=O)c2ccc([N+](=O)[O-])cc2)CCN(CC(=O)O)CC1. The average molecular weight is 589 g/mol. The highest BCUT2D eigenvalue weighted by Crippen LogP contribution is 2.15. The standard InChI is InChI=1S/C22H32N6O11S/c29-19(23-40(38,39)18-3-1-17(2-4-18)28(36)37)13-24-5-7-25(14-20(30)31)9-11-27(16-22(34)35)12-10-26(8-6-24)15-21(32)33/h1-4H,5-16H2,(H,23,29)(H,30,31)(H,32,33)(H,34,35). The zero-order chi connectivity index (χ0) is 29.9. The lowest BCUT2D eigenvalue weighted by atomic mass is 10.3. The molecule has 0 spiro atoms. The number of aliphatic carboxylic acids is 3. The van der Waals surface area contributed by atoms with E-state index >= 15 is 0 Å². The van der Waals surface area contributed by atoms with Crippen LogP contribution in [0.3, 0.4) is 0 Å². The van der Waals surface area contributed by atoms with Gasteiger partial charge in [0.25, 0.3) is 15.7 Å². The molecule has 0 aromatic heterocycles. The van der Waals surface area contributed by atoms with Crippen molar-refractivity contribution in [3.05, 3.63) is 34.4 Å². The van der Waals surface area contributed by atoms with Crippen LogP contribution in [0.4, 0.5) is 5.69 Å². The van der Waals surface area contributed by atoms with Gasteiger partial charge in [-0.2, -0.15) is 0 Å². The Balaban J connectivity index is 2.17. The summed E-state index contributed by atoms with van der Waals surface area (Å²) >= 11 is 0. The van der Waals surface area contributed by atoms with Crippen LogP contribution in [-0.2, 0) is 29.2 Å². The maximum atomic E-state index is 12.7. The van der Waals surface area contributed by atoms with E-state index in [9.17, 15) is 53.0 Å². The number of benzene rings is 1. The molecular formula is C22H32N6O11S. The summed E-state index contributed by atoms with van der Waals surface area (Å²) in [5.74, 6) is -4.21. The summed E-state index contributed by atoms with van der Waals surface area (Å²) < 4.78 is 27.1. The van der Waals surface area contributed by atoms with Crippen molar-refractivity contribution in [1.29, 1.82) is 0 Å². The van der Waals surface area contributed by atoms with Crippen molar-refractivity contribution in [3.63, 3.8) is 0 Å². The summed E-state index contributed by atoms with van der Waals surface area (Å²) in [5.41, 5.74) is -0.326. The zero-order valence-corrected chi connectivity index (χ0v) is 22.4. The van der Waals surface area contributed by atoms with E-state index in [-0.39, 0.29) is 82.6 Å². The quantitative estimate of drug-likeness (QED) is 0.160. The van der Waals surface area contributed by atoms with Crippen LogP contribution in [0.15, 0.2) is 29.2 Å². The van der Waals surface area contributed by atoms with Crippen LogP contribution in [0.5, 0.6) is 0 Å². The lowest BCUT2D eigenvalue weighted by molar-refractivity contribution is -0.384. The minimum Gasteiger partial charge on any atom is -0.480 e. The third-order valence-electron chi connectivity index (χ3n) is 5.98. The van der Waals surface area contributed by atoms with Crippen LogP contribution < -0.4 is 4.72 Å². The minimum atomic E-state index is -4.34. The zero-order valence-electron chi connectivity index (χ0n) is 21.5. The maximum Gasteiger partial charge on any atom is 0.317 e. The monoisotopic (exact) mass is 588 g/mol. The first-order valence-corrected chi connectivity index (χ1v) is 13.6. The van der Waals surface area contributed by atoms with E-state index in [1.807, 2.05) is 4.72 Å². The van der Waals surface area contributed by atoms with Crippen LogP contribution >= 0.6 is 0 Å². The molecule has 18 heteroatoms. The first kappa shape index (κ1) is 32.5. The molecule has 1 saturated heterocycles. The number of amides is 1. The molecule has 4 N–H and O–H groups in total. The number of carboxylic acid groups (broad SMARTS) is 3. The molecule has 1 amide bonds. The Morgan fingerprint density at radius 1 is 0.700 bits per heavy atom. The molecule has 17 nitrogen and oxygen atoms in total. The van der Waals surface area contributed by atoms with Gasteiger partial charge >= 0.3 is 17.9 Å². The van der Waals surface area contributed by atoms with Crippen LogP contribution in [0.1, 0.15) is 0 Å². The summed E-state index contributed by atoms with van der Waals surface area (Å²) in [7, 11) is -4.34.